The highest BCUT2D eigenvalue weighted by molar-refractivity contribution is 7.15. The van der Waals surface area contributed by atoms with Gasteiger partial charge in [0, 0.05) is 6.42 Å². The lowest BCUT2D eigenvalue weighted by molar-refractivity contribution is 0.878. The fourth-order valence-electron chi connectivity index (χ4n) is 2.79. The molecule has 0 aliphatic heterocycles. The Morgan fingerprint density at radius 1 is 1.08 bits per heavy atom. The van der Waals surface area contributed by atoms with E-state index in [9.17, 15) is 4.79 Å². The van der Waals surface area contributed by atoms with E-state index in [0.29, 0.717) is 21.7 Å². The zero-order valence-corrected chi connectivity index (χ0v) is 15.1. The Labute approximate surface area is 154 Å². The molecule has 0 spiro atoms. The maximum absolute atomic E-state index is 12.6. The quantitative estimate of drug-likeness (QED) is 0.561. The van der Waals surface area contributed by atoms with Gasteiger partial charge in [0.15, 0.2) is 5.82 Å². The van der Waals surface area contributed by atoms with E-state index in [1.807, 2.05) is 73.7 Å². The Balaban J connectivity index is 1.65. The van der Waals surface area contributed by atoms with E-state index in [1.54, 1.807) is 0 Å². The van der Waals surface area contributed by atoms with Crippen LogP contribution in [0.15, 0.2) is 71.0 Å². The molecule has 0 amide bonds. The molecule has 26 heavy (non-hydrogen) atoms. The summed E-state index contributed by atoms with van der Waals surface area (Å²) in [6, 6.07) is 20.1. The van der Waals surface area contributed by atoms with E-state index in [0.717, 1.165) is 16.7 Å². The summed E-state index contributed by atoms with van der Waals surface area (Å²) in [6.45, 7) is 1.99. The van der Waals surface area contributed by atoms with E-state index in [4.69, 9.17) is 0 Å². The lowest BCUT2D eigenvalue weighted by atomic mass is 10.1. The molecule has 4 rings (SSSR count). The topological polar surface area (TPSA) is 47.3 Å². The van der Waals surface area contributed by atoms with E-state index in [2.05, 4.69) is 16.2 Å². The molecule has 4 aromatic rings. The van der Waals surface area contributed by atoms with Gasteiger partial charge in [0.05, 0.1) is 4.53 Å². The number of aromatic nitrogens is 3. The summed E-state index contributed by atoms with van der Waals surface area (Å²) in [6.07, 6.45) is 4.57. The van der Waals surface area contributed by atoms with Gasteiger partial charge >= 0.3 is 0 Å². The first kappa shape index (κ1) is 16.4. The van der Waals surface area contributed by atoms with Crippen LogP contribution >= 0.6 is 11.3 Å². The average Bonchev–Trinajstić information content (AvgIpc) is 3.16. The van der Waals surface area contributed by atoms with Crippen molar-refractivity contribution in [3.8, 4) is 0 Å². The summed E-state index contributed by atoms with van der Waals surface area (Å²) >= 11 is 1.37. The van der Waals surface area contributed by atoms with Gasteiger partial charge in [-0.15, -0.1) is 5.10 Å². The number of allylic oxidation sites excluding steroid dienone is 1. The van der Waals surface area contributed by atoms with E-state index >= 15 is 0 Å². The molecule has 0 unspecified atom stereocenters. The second kappa shape index (κ2) is 7.06. The molecule has 4 nitrogen and oxygen atoms in total. The van der Waals surface area contributed by atoms with Gasteiger partial charge in [0.1, 0.15) is 0 Å². The summed E-state index contributed by atoms with van der Waals surface area (Å²) < 4.78 is 2.06. The van der Waals surface area contributed by atoms with Gasteiger partial charge in [0.2, 0.25) is 4.96 Å². The lowest BCUT2D eigenvalue weighted by Gasteiger charge is -1.94. The standard InChI is InChI=1S/C21H17N3OS/c1-15(12-16-8-4-2-5-9-16)13-18-20(25)24-21(26-18)22-19(23-24)14-17-10-6-3-7-11-17/h2-13H,14H2,1H3/b15-12+,18-13-. The molecule has 0 atom stereocenters. The Morgan fingerprint density at radius 3 is 2.46 bits per heavy atom. The molecule has 2 aromatic carbocycles. The third-order valence-electron chi connectivity index (χ3n) is 3.98. The highest BCUT2D eigenvalue weighted by Gasteiger charge is 2.10. The number of nitrogens with zero attached hydrogens (tertiary/aromatic N) is 3. The minimum absolute atomic E-state index is 0.113. The SMILES string of the molecule is CC(/C=c1\sc2nc(Cc3ccccc3)nn2c1=O)=C\c1ccccc1. The summed E-state index contributed by atoms with van der Waals surface area (Å²) in [5.74, 6) is 0.669. The van der Waals surface area contributed by atoms with Crippen molar-refractivity contribution in [1.82, 2.24) is 14.6 Å². The van der Waals surface area contributed by atoms with Gasteiger partial charge in [-0.1, -0.05) is 78.1 Å². The van der Waals surface area contributed by atoms with Crippen LogP contribution in [0.1, 0.15) is 23.9 Å². The number of benzene rings is 2. The van der Waals surface area contributed by atoms with Crippen LogP contribution in [0.4, 0.5) is 0 Å². The molecule has 0 saturated heterocycles. The number of rotatable bonds is 4. The van der Waals surface area contributed by atoms with Crippen molar-refractivity contribution in [2.45, 2.75) is 13.3 Å². The van der Waals surface area contributed by atoms with Gasteiger partial charge < -0.3 is 0 Å². The Hall–Kier alpha value is -3.05. The molecule has 2 aromatic heterocycles. The van der Waals surface area contributed by atoms with Crippen LogP contribution in [0.5, 0.6) is 0 Å². The monoisotopic (exact) mass is 359 g/mol. The number of hydrogen-bond acceptors (Lipinski definition) is 4. The highest BCUT2D eigenvalue weighted by atomic mass is 32.1. The van der Waals surface area contributed by atoms with Crippen LogP contribution in [-0.4, -0.2) is 14.6 Å². The summed E-state index contributed by atoms with van der Waals surface area (Å²) in [5.41, 5.74) is 3.14. The molecule has 0 aliphatic rings. The summed E-state index contributed by atoms with van der Waals surface area (Å²) in [7, 11) is 0. The van der Waals surface area contributed by atoms with E-state index < -0.39 is 0 Å². The molecule has 2 heterocycles. The second-order valence-corrected chi connectivity index (χ2v) is 7.11. The van der Waals surface area contributed by atoms with Crippen LogP contribution < -0.4 is 10.1 Å². The minimum atomic E-state index is -0.113. The third-order valence-corrected chi connectivity index (χ3v) is 4.94. The zero-order valence-electron chi connectivity index (χ0n) is 14.3. The van der Waals surface area contributed by atoms with Gasteiger partial charge in [0.25, 0.3) is 5.56 Å². The summed E-state index contributed by atoms with van der Waals surface area (Å²) in [5, 5.41) is 4.38. The predicted octanol–water partition coefficient (Wildman–Crippen LogP) is 3.34. The molecular formula is C21H17N3OS. The van der Waals surface area contributed by atoms with Crippen molar-refractivity contribution in [3.05, 3.63) is 98.1 Å². The van der Waals surface area contributed by atoms with Crippen LogP contribution in [0.25, 0.3) is 17.1 Å². The van der Waals surface area contributed by atoms with Crippen molar-refractivity contribution >= 4 is 28.4 Å². The number of thiazole rings is 1. The number of fused-ring (bicyclic) bond motifs is 1. The van der Waals surface area contributed by atoms with Gasteiger partial charge in [-0.25, -0.2) is 4.98 Å². The van der Waals surface area contributed by atoms with Crippen molar-refractivity contribution in [1.29, 1.82) is 0 Å². The maximum atomic E-state index is 12.6. The second-order valence-electron chi connectivity index (χ2n) is 6.10. The molecule has 0 aliphatic carbocycles. The smallest absolute Gasteiger partial charge is 0.266 e. The molecule has 0 N–H and O–H groups in total. The first-order valence-electron chi connectivity index (χ1n) is 8.36. The van der Waals surface area contributed by atoms with E-state index in [1.165, 1.54) is 15.9 Å². The van der Waals surface area contributed by atoms with Crippen molar-refractivity contribution < 1.29 is 0 Å². The zero-order chi connectivity index (χ0) is 17.9. The first-order valence-corrected chi connectivity index (χ1v) is 9.18. The molecule has 128 valence electrons. The first-order chi connectivity index (χ1) is 12.7. The van der Waals surface area contributed by atoms with E-state index in [-0.39, 0.29) is 5.56 Å². The maximum Gasteiger partial charge on any atom is 0.291 e. The van der Waals surface area contributed by atoms with Crippen LogP contribution in [0.2, 0.25) is 0 Å². The van der Waals surface area contributed by atoms with Crippen molar-refractivity contribution in [2.75, 3.05) is 0 Å². The average molecular weight is 359 g/mol. The van der Waals surface area contributed by atoms with Crippen molar-refractivity contribution in [3.63, 3.8) is 0 Å². The largest absolute Gasteiger partial charge is 0.291 e. The molecule has 0 saturated carbocycles. The predicted molar refractivity (Wildman–Crippen MR) is 106 cm³/mol. The molecular weight excluding hydrogens is 342 g/mol. The Kier molecular flexibility index (Phi) is 4.46. The third kappa shape index (κ3) is 3.48. The van der Waals surface area contributed by atoms with Gasteiger partial charge in [-0.05, 0) is 29.7 Å². The number of hydrogen-bond donors (Lipinski definition) is 0. The van der Waals surface area contributed by atoms with Crippen LogP contribution in [0.3, 0.4) is 0 Å². The Bertz CT molecular complexity index is 1170. The lowest BCUT2D eigenvalue weighted by Crippen LogP contribution is -2.23. The van der Waals surface area contributed by atoms with Crippen LogP contribution in [-0.2, 0) is 6.42 Å². The fourth-order valence-corrected chi connectivity index (χ4v) is 3.76. The minimum Gasteiger partial charge on any atom is -0.266 e. The van der Waals surface area contributed by atoms with Crippen LogP contribution in [0, 0.1) is 0 Å². The molecule has 0 radical (unpaired) electrons. The molecule has 5 heteroatoms. The molecule has 0 fully saturated rings. The normalized spacial score (nSPS) is 12.8. The Morgan fingerprint density at radius 2 is 1.77 bits per heavy atom. The van der Waals surface area contributed by atoms with Gasteiger partial charge in [-0.2, -0.15) is 4.52 Å². The van der Waals surface area contributed by atoms with Gasteiger partial charge in [-0.3, -0.25) is 4.79 Å². The molecule has 0 bridgehead atoms. The van der Waals surface area contributed by atoms with Crippen molar-refractivity contribution in [2.24, 2.45) is 0 Å². The summed E-state index contributed by atoms with van der Waals surface area (Å²) in [4.78, 5) is 17.7. The fraction of sp³-hybridized carbons (Fsp3) is 0.0952. The highest BCUT2D eigenvalue weighted by Crippen LogP contribution is 2.10.